The van der Waals surface area contributed by atoms with E-state index in [1.165, 1.54) is 95.6 Å². The first-order chi connectivity index (χ1) is 25.1. The average Bonchev–Trinajstić information content (AvgIpc) is 3.16. The van der Waals surface area contributed by atoms with Crippen LogP contribution in [0.15, 0.2) is 103 Å². The summed E-state index contributed by atoms with van der Waals surface area (Å²) in [5, 5.41) is 9.41. The number of hydrogen-bond acceptors (Lipinski definition) is 3. The highest BCUT2D eigenvalue weighted by molar-refractivity contribution is 5.49. The average molecular weight is 694 g/mol. The van der Waals surface area contributed by atoms with Crippen LogP contribution in [0, 0.1) is 17.1 Å². The van der Waals surface area contributed by atoms with Crippen molar-refractivity contribution in [2.24, 2.45) is 0 Å². The van der Waals surface area contributed by atoms with Gasteiger partial charge in [-0.2, -0.15) is 5.26 Å². The van der Waals surface area contributed by atoms with Crippen molar-refractivity contribution in [2.75, 3.05) is 6.61 Å². The molecule has 0 fully saturated rings. The van der Waals surface area contributed by atoms with Gasteiger partial charge in [0.1, 0.15) is 11.4 Å². The smallest absolute Gasteiger partial charge is 0.143 e. The van der Waals surface area contributed by atoms with Crippen LogP contribution in [0.3, 0.4) is 0 Å². The summed E-state index contributed by atoms with van der Waals surface area (Å²) in [6.07, 6.45) is 27.8. The Bertz CT molecular complexity index is 1400. The molecule has 0 aromatic heterocycles. The van der Waals surface area contributed by atoms with E-state index in [1.54, 1.807) is 6.07 Å². The van der Waals surface area contributed by atoms with Crippen LogP contribution in [-0.2, 0) is 21.7 Å². The van der Waals surface area contributed by atoms with E-state index in [9.17, 15) is 9.65 Å². The van der Waals surface area contributed by atoms with Crippen molar-refractivity contribution < 1.29 is 13.9 Å². The maximum Gasteiger partial charge on any atom is 0.143 e. The molecule has 0 bridgehead atoms. The van der Waals surface area contributed by atoms with Crippen molar-refractivity contribution in [3.63, 3.8) is 0 Å². The zero-order chi connectivity index (χ0) is 36.4. The lowest BCUT2D eigenvalue weighted by atomic mass is 9.79. The molecule has 0 saturated heterocycles. The summed E-state index contributed by atoms with van der Waals surface area (Å²) in [6.45, 7) is 7.06. The van der Waals surface area contributed by atoms with Crippen molar-refractivity contribution in [1.82, 2.24) is 0 Å². The Kier molecular flexibility index (Phi) is 20.9. The number of benzene rings is 3. The predicted octanol–water partition coefficient (Wildman–Crippen LogP) is 13.7. The first-order valence-electron chi connectivity index (χ1n) is 20.0. The topological polar surface area (TPSA) is 42.2 Å². The number of halogens is 1. The summed E-state index contributed by atoms with van der Waals surface area (Å²) < 4.78 is 28.0. The van der Waals surface area contributed by atoms with Crippen molar-refractivity contribution in [3.05, 3.63) is 131 Å². The van der Waals surface area contributed by atoms with Crippen molar-refractivity contribution in [3.8, 4) is 6.07 Å². The monoisotopic (exact) mass is 693 g/mol. The van der Waals surface area contributed by atoms with Crippen LogP contribution >= 0.6 is 0 Å². The second-order valence-electron chi connectivity index (χ2n) is 13.9. The van der Waals surface area contributed by atoms with Crippen molar-refractivity contribution >= 4 is 0 Å². The molecule has 0 aliphatic carbocycles. The molecular weight excluding hydrogens is 630 g/mol. The summed E-state index contributed by atoms with van der Waals surface area (Å²) in [5.41, 5.74) is 3.32. The number of allylic oxidation sites excluding steroid dienone is 2. The fourth-order valence-electron chi connectivity index (χ4n) is 7.01. The van der Waals surface area contributed by atoms with E-state index in [2.05, 4.69) is 86.7 Å². The van der Waals surface area contributed by atoms with Gasteiger partial charge in [-0.3, -0.25) is 0 Å². The zero-order valence-electron chi connectivity index (χ0n) is 31.9. The normalized spacial score (nSPS) is 12.7. The van der Waals surface area contributed by atoms with E-state index in [0.29, 0.717) is 17.7 Å². The Labute approximate surface area is 310 Å². The number of rotatable bonds is 27. The Morgan fingerprint density at radius 3 is 1.76 bits per heavy atom. The number of unbranched alkanes of at least 4 members (excludes halogenated alkanes) is 14. The number of nitriles is 1. The van der Waals surface area contributed by atoms with E-state index < -0.39 is 11.4 Å². The first-order valence-corrected chi connectivity index (χ1v) is 20.0. The summed E-state index contributed by atoms with van der Waals surface area (Å²) in [4.78, 5) is 0. The van der Waals surface area contributed by atoms with E-state index in [1.807, 2.05) is 19.1 Å². The Morgan fingerprint density at radius 2 is 1.27 bits per heavy atom. The second kappa shape index (κ2) is 25.4. The highest BCUT2D eigenvalue weighted by Gasteiger charge is 2.39. The molecule has 1 atom stereocenters. The van der Waals surface area contributed by atoms with Gasteiger partial charge in [-0.1, -0.05) is 189 Å². The molecule has 0 amide bonds. The Morgan fingerprint density at radius 1 is 0.745 bits per heavy atom. The van der Waals surface area contributed by atoms with Gasteiger partial charge in [-0.15, -0.1) is 0 Å². The molecule has 0 aliphatic rings. The SMILES string of the molecule is C/C=C\C(=C/CC)C(OCC(CCCCCCCCCCCCCCCCC)OCc1cc(F)cc(C#N)c1)(c1ccccc1)c1ccccc1. The third-order valence-corrected chi connectivity index (χ3v) is 9.73. The van der Waals surface area contributed by atoms with Gasteiger partial charge in [0.05, 0.1) is 31.0 Å². The fraction of sp³-hybridized carbons (Fsp3) is 0.511. The van der Waals surface area contributed by atoms with Gasteiger partial charge >= 0.3 is 0 Å². The Balaban J connectivity index is 1.67. The van der Waals surface area contributed by atoms with Gasteiger partial charge in [-0.25, -0.2) is 4.39 Å². The van der Waals surface area contributed by atoms with Gasteiger partial charge in [0.25, 0.3) is 0 Å². The minimum absolute atomic E-state index is 0.207. The van der Waals surface area contributed by atoms with Crippen LogP contribution < -0.4 is 0 Å². The standard InChI is InChI=1S/C47H64FNO2/c1-4-7-8-9-10-11-12-13-14-15-16-17-18-19-26-33-46(50-38-41-34-40(37-49)35-45(48)36-41)39-51-47(42(27-5-2)28-6-3,43-29-22-20-23-30-43)44-31-24-21-25-32-44/h5,20-25,27-32,34-36,46H,4,6-19,26,33,38-39H2,1-3H3/b27-5-,42-28+. The van der Waals surface area contributed by atoms with E-state index in [-0.39, 0.29) is 12.7 Å². The van der Waals surface area contributed by atoms with Gasteiger partial charge in [0, 0.05) is 0 Å². The lowest BCUT2D eigenvalue weighted by Crippen LogP contribution is -2.36. The lowest BCUT2D eigenvalue weighted by molar-refractivity contribution is -0.0734. The maximum absolute atomic E-state index is 14.3. The molecular formula is C47H64FNO2. The molecule has 1 unspecified atom stereocenters. The third kappa shape index (κ3) is 14.9. The Hall–Kier alpha value is -3.52. The molecule has 0 radical (unpaired) electrons. The van der Waals surface area contributed by atoms with E-state index >= 15 is 0 Å². The van der Waals surface area contributed by atoms with Crippen molar-refractivity contribution in [1.29, 1.82) is 5.26 Å². The molecule has 3 aromatic rings. The summed E-state index contributed by atoms with van der Waals surface area (Å²) in [5.74, 6) is -0.421. The molecule has 4 heteroatoms. The van der Waals surface area contributed by atoms with Crippen LogP contribution in [0.25, 0.3) is 0 Å². The third-order valence-electron chi connectivity index (χ3n) is 9.73. The minimum Gasteiger partial charge on any atom is -0.371 e. The predicted molar refractivity (Wildman–Crippen MR) is 212 cm³/mol. The van der Waals surface area contributed by atoms with Gasteiger partial charge in [0.15, 0.2) is 0 Å². The van der Waals surface area contributed by atoms with Gasteiger partial charge in [0.2, 0.25) is 0 Å². The number of hydrogen-bond donors (Lipinski definition) is 0. The molecule has 3 aromatic carbocycles. The maximum atomic E-state index is 14.3. The van der Waals surface area contributed by atoms with Crippen LogP contribution in [0.4, 0.5) is 4.39 Å². The lowest BCUT2D eigenvalue weighted by Gasteiger charge is -2.38. The van der Waals surface area contributed by atoms with Gasteiger partial charge < -0.3 is 9.47 Å². The molecule has 3 rings (SSSR count). The quantitative estimate of drug-likeness (QED) is 0.0589. The molecule has 0 heterocycles. The summed E-state index contributed by atoms with van der Waals surface area (Å²) >= 11 is 0. The molecule has 0 aliphatic heterocycles. The molecule has 276 valence electrons. The van der Waals surface area contributed by atoms with Crippen molar-refractivity contribution in [2.45, 2.75) is 148 Å². The second-order valence-corrected chi connectivity index (χ2v) is 13.9. The molecule has 3 nitrogen and oxygen atoms in total. The highest BCUT2D eigenvalue weighted by atomic mass is 19.1. The molecule has 0 saturated carbocycles. The van der Waals surface area contributed by atoms with Crippen LogP contribution in [-0.4, -0.2) is 12.7 Å². The minimum atomic E-state index is -0.839. The summed E-state index contributed by atoms with van der Waals surface area (Å²) in [7, 11) is 0. The fourth-order valence-corrected chi connectivity index (χ4v) is 7.01. The van der Waals surface area contributed by atoms with E-state index in [0.717, 1.165) is 42.4 Å². The number of ether oxygens (including phenoxy) is 2. The first kappa shape index (κ1) is 41.9. The van der Waals surface area contributed by atoms with Crippen LogP contribution in [0.1, 0.15) is 152 Å². The summed E-state index contributed by atoms with van der Waals surface area (Å²) in [6, 6.07) is 27.4. The zero-order valence-corrected chi connectivity index (χ0v) is 31.9. The largest absolute Gasteiger partial charge is 0.371 e. The number of nitrogens with zero attached hydrogens (tertiary/aromatic N) is 1. The molecule has 0 N–H and O–H groups in total. The molecule has 51 heavy (non-hydrogen) atoms. The van der Waals surface area contributed by atoms with E-state index in [4.69, 9.17) is 9.47 Å². The molecule has 0 spiro atoms. The van der Waals surface area contributed by atoms with Crippen LogP contribution in [0.5, 0.6) is 0 Å². The van der Waals surface area contributed by atoms with Crippen LogP contribution in [0.2, 0.25) is 0 Å². The van der Waals surface area contributed by atoms with Gasteiger partial charge in [-0.05, 0) is 60.2 Å². The highest BCUT2D eigenvalue weighted by Crippen LogP contribution is 2.42.